The van der Waals surface area contributed by atoms with Crippen LogP contribution in [0.5, 0.6) is 5.75 Å². The Balaban J connectivity index is 1.82. The first kappa shape index (κ1) is 18.7. The highest BCUT2D eigenvalue weighted by molar-refractivity contribution is 5.91. The number of aromatic nitrogens is 2. The Bertz CT molecular complexity index is 721. The molecule has 2 N–H and O–H groups in total. The molecule has 0 saturated heterocycles. The molecule has 1 amide bonds. The monoisotopic (exact) mass is 355 g/mol. The van der Waals surface area contributed by atoms with E-state index >= 15 is 0 Å². The number of carbonyl (C=O) groups excluding carboxylic acids is 1. The van der Waals surface area contributed by atoms with Crippen molar-refractivity contribution in [1.82, 2.24) is 15.3 Å². The minimum Gasteiger partial charge on any atom is -0.491 e. The van der Waals surface area contributed by atoms with E-state index in [0.29, 0.717) is 5.69 Å². The average Bonchev–Trinajstić information content (AvgIpc) is 2.58. The number of aryl methyl sites for hydroxylation is 1. The van der Waals surface area contributed by atoms with E-state index in [1.807, 2.05) is 0 Å². The van der Waals surface area contributed by atoms with Crippen LogP contribution in [0, 0.1) is 6.92 Å². The largest absolute Gasteiger partial charge is 0.491 e. The van der Waals surface area contributed by atoms with E-state index in [1.54, 1.807) is 6.92 Å². The van der Waals surface area contributed by atoms with Crippen LogP contribution in [0.2, 0.25) is 0 Å². The number of aliphatic hydroxyl groups is 1. The molecule has 0 fully saturated rings. The molecule has 0 aliphatic heterocycles. The van der Waals surface area contributed by atoms with Crippen LogP contribution < -0.4 is 10.1 Å². The van der Waals surface area contributed by atoms with E-state index in [1.165, 1.54) is 24.5 Å². The molecule has 2 rings (SSSR count). The number of aliphatic hydroxyl groups excluding tert-OH is 1. The summed E-state index contributed by atoms with van der Waals surface area (Å²) in [4.78, 5) is 19.6. The Morgan fingerprint density at radius 3 is 2.72 bits per heavy atom. The van der Waals surface area contributed by atoms with Gasteiger partial charge in [0.05, 0.1) is 17.5 Å². The number of nitrogens with one attached hydrogen (secondary N) is 1. The van der Waals surface area contributed by atoms with Gasteiger partial charge in [0.15, 0.2) is 0 Å². The van der Waals surface area contributed by atoms with Gasteiger partial charge in [0.25, 0.3) is 5.91 Å². The summed E-state index contributed by atoms with van der Waals surface area (Å²) in [5, 5.41) is 12.2. The van der Waals surface area contributed by atoms with E-state index in [4.69, 9.17) is 4.74 Å². The minimum atomic E-state index is -4.47. The normalized spacial score (nSPS) is 12.5. The van der Waals surface area contributed by atoms with Crippen molar-refractivity contribution in [3.8, 4) is 5.75 Å². The zero-order valence-electron chi connectivity index (χ0n) is 13.2. The molecule has 0 spiro atoms. The van der Waals surface area contributed by atoms with Crippen molar-refractivity contribution >= 4 is 5.91 Å². The highest BCUT2D eigenvalue weighted by Crippen LogP contribution is 2.31. The predicted octanol–water partition coefficient (Wildman–Crippen LogP) is 1.97. The molecule has 0 aliphatic carbocycles. The maximum absolute atomic E-state index is 12.6. The summed E-state index contributed by atoms with van der Waals surface area (Å²) in [6, 6.07) is 4.32. The summed E-state index contributed by atoms with van der Waals surface area (Å²) < 4.78 is 42.9. The number of alkyl halides is 3. The maximum atomic E-state index is 12.6. The zero-order valence-corrected chi connectivity index (χ0v) is 13.2. The lowest BCUT2D eigenvalue weighted by atomic mass is 10.2. The van der Waals surface area contributed by atoms with E-state index in [-0.39, 0.29) is 24.6 Å². The third-order valence-electron chi connectivity index (χ3n) is 3.12. The second-order valence-electron chi connectivity index (χ2n) is 5.24. The number of amides is 1. The number of halogens is 3. The first-order valence-electron chi connectivity index (χ1n) is 7.30. The third kappa shape index (κ3) is 5.71. The van der Waals surface area contributed by atoms with E-state index < -0.39 is 23.8 Å². The van der Waals surface area contributed by atoms with Crippen molar-refractivity contribution in [2.24, 2.45) is 0 Å². The number of hydrogen-bond acceptors (Lipinski definition) is 5. The molecule has 2 aromatic rings. The molecule has 1 atom stereocenters. The van der Waals surface area contributed by atoms with Crippen molar-refractivity contribution in [2.45, 2.75) is 19.2 Å². The molecule has 0 saturated carbocycles. The summed E-state index contributed by atoms with van der Waals surface area (Å²) in [5.74, 6) is -0.546. The lowest BCUT2D eigenvalue weighted by Gasteiger charge is -2.14. The molecular formula is C16H16F3N3O3. The van der Waals surface area contributed by atoms with Gasteiger partial charge in [-0.05, 0) is 25.1 Å². The van der Waals surface area contributed by atoms with Crippen molar-refractivity contribution in [1.29, 1.82) is 0 Å². The van der Waals surface area contributed by atoms with Crippen LogP contribution in [0.25, 0.3) is 0 Å². The van der Waals surface area contributed by atoms with Crippen molar-refractivity contribution < 1.29 is 27.8 Å². The molecule has 9 heteroatoms. The van der Waals surface area contributed by atoms with Gasteiger partial charge in [-0.1, -0.05) is 6.07 Å². The quantitative estimate of drug-likeness (QED) is 0.828. The molecule has 134 valence electrons. The maximum Gasteiger partial charge on any atom is 0.416 e. The first-order valence-corrected chi connectivity index (χ1v) is 7.30. The van der Waals surface area contributed by atoms with E-state index in [2.05, 4.69) is 15.3 Å². The predicted molar refractivity (Wildman–Crippen MR) is 82.0 cm³/mol. The summed E-state index contributed by atoms with van der Waals surface area (Å²) in [5.41, 5.74) is -0.0894. The fraction of sp³-hybridized carbons (Fsp3) is 0.312. The SMILES string of the molecule is Cc1cnc(C(=O)NC[C@@H](O)COc2cccc(C(F)(F)F)c2)cn1. The van der Waals surface area contributed by atoms with Crippen LogP contribution in [-0.2, 0) is 6.18 Å². The van der Waals surface area contributed by atoms with Gasteiger partial charge < -0.3 is 15.2 Å². The van der Waals surface area contributed by atoms with Crippen LogP contribution in [0.1, 0.15) is 21.7 Å². The van der Waals surface area contributed by atoms with Crippen LogP contribution in [0.4, 0.5) is 13.2 Å². The highest BCUT2D eigenvalue weighted by atomic mass is 19.4. The van der Waals surface area contributed by atoms with Crippen LogP contribution in [0.15, 0.2) is 36.7 Å². The second kappa shape index (κ2) is 7.93. The molecule has 0 radical (unpaired) electrons. The van der Waals surface area contributed by atoms with Crippen LogP contribution >= 0.6 is 0 Å². The fourth-order valence-corrected chi connectivity index (χ4v) is 1.82. The molecule has 6 nitrogen and oxygen atoms in total. The smallest absolute Gasteiger partial charge is 0.416 e. The Morgan fingerprint density at radius 1 is 1.32 bits per heavy atom. The summed E-state index contributed by atoms with van der Waals surface area (Å²) >= 11 is 0. The number of nitrogens with zero attached hydrogens (tertiary/aromatic N) is 2. The molecule has 0 bridgehead atoms. The van der Waals surface area contributed by atoms with Gasteiger partial charge >= 0.3 is 6.18 Å². The molecule has 1 aromatic heterocycles. The number of rotatable bonds is 6. The summed E-state index contributed by atoms with van der Waals surface area (Å²) in [7, 11) is 0. The average molecular weight is 355 g/mol. The van der Waals surface area contributed by atoms with Gasteiger partial charge in [-0.15, -0.1) is 0 Å². The van der Waals surface area contributed by atoms with Crippen LogP contribution in [-0.4, -0.2) is 40.2 Å². The Kier molecular flexibility index (Phi) is 5.92. The third-order valence-corrected chi connectivity index (χ3v) is 3.12. The number of carbonyl (C=O) groups is 1. The Hall–Kier alpha value is -2.68. The molecule has 1 heterocycles. The van der Waals surface area contributed by atoms with Gasteiger partial charge in [0, 0.05) is 12.7 Å². The Labute approximate surface area is 141 Å². The highest BCUT2D eigenvalue weighted by Gasteiger charge is 2.30. The lowest BCUT2D eigenvalue weighted by molar-refractivity contribution is -0.137. The standard InChI is InChI=1S/C16H16F3N3O3/c1-10-6-21-14(8-20-10)15(24)22-7-12(23)9-25-13-4-2-3-11(5-13)16(17,18)19/h2-6,8,12,23H,7,9H2,1H3,(H,22,24)/t12-/m1/s1. The zero-order chi connectivity index (χ0) is 18.4. The molecule has 1 aromatic carbocycles. The first-order chi connectivity index (χ1) is 11.8. The second-order valence-corrected chi connectivity index (χ2v) is 5.24. The van der Waals surface area contributed by atoms with E-state index in [9.17, 15) is 23.1 Å². The summed E-state index contributed by atoms with van der Waals surface area (Å²) in [6.45, 7) is 1.30. The van der Waals surface area contributed by atoms with Gasteiger partial charge in [-0.3, -0.25) is 9.78 Å². The lowest BCUT2D eigenvalue weighted by Crippen LogP contribution is -2.35. The topological polar surface area (TPSA) is 84.3 Å². The summed E-state index contributed by atoms with van der Waals surface area (Å²) in [6.07, 6.45) is -2.84. The molecule has 0 aliphatic rings. The minimum absolute atomic E-state index is 0.0235. The van der Waals surface area contributed by atoms with Gasteiger partial charge in [-0.25, -0.2) is 4.98 Å². The van der Waals surface area contributed by atoms with E-state index in [0.717, 1.165) is 12.1 Å². The van der Waals surface area contributed by atoms with Gasteiger partial charge in [-0.2, -0.15) is 13.2 Å². The van der Waals surface area contributed by atoms with Crippen molar-refractivity contribution in [2.75, 3.05) is 13.2 Å². The Morgan fingerprint density at radius 2 is 2.08 bits per heavy atom. The molecule has 25 heavy (non-hydrogen) atoms. The molecule has 0 unspecified atom stereocenters. The fourth-order valence-electron chi connectivity index (χ4n) is 1.82. The van der Waals surface area contributed by atoms with Crippen molar-refractivity contribution in [3.63, 3.8) is 0 Å². The van der Waals surface area contributed by atoms with Crippen LogP contribution in [0.3, 0.4) is 0 Å². The van der Waals surface area contributed by atoms with Gasteiger partial charge in [0.2, 0.25) is 0 Å². The van der Waals surface area contributed by atoms with Gasteiger partial charge in [0.1, 0.15) is 24.2 Å². The van der Waals surface area contributed by atoms with Crippen molar-refractivity contribution in [3.05, 3.63) is 53.6 Å². The molecular weight excluding hydrogens is 339 g/mol. The number of ether oxygens (including phenoxy) is 1. The number of hydrogen-bond donors (Lipinski definition) is 2. The number of benzene rings is 1.